The monoisotopic (exact) mass is 646 g/mol. The van der Waals surface area contributed by atoms with Gasteiger partial charge in [0.25, 0.3) is 5.91 Å². The Kier molecular flexibility index (Phi) is 10.1. The van der Waals surface area contributed by atoms with E-state index >= 15 is 0 Å². The Labute approximate surface area is 280 Å². The lowest BCUT2D eigenvalue weighted by Gasteiger charge is -2.63. The van der Waals surface area contributed by atoms with Crippen molar-refractivity contribution in [3.63, 3.8) is 0 Å². The lowest BCUT2D eigenvalue weighted by molar-refractivity contribution is -0.144. The first-order chi connectivity index (χ1) is 21.5. The predicted molar refractivity (Wildman–Crippen MR) is 191 cm³/mol. The molecule has 1 aromatic heterocycles. The molecule has 6 nitrogen and oxygen atoms in total. The first kappa shape index (κ1) is 34.9. The third-order valence-corrected chi connectivity index (χ3v) is 15.3. The van der Waals surface area contributed by atoms with Gasteiger partial charge in [-0.15, -0.1) is 0 Å². The number of hydrogen-bond acceptors (Lipinski definition) is 3. The highest BCUT2D eigenvalue weighted by Crippen LogP contribution is 2.65. The zero-order valence-electron chi connectivity index (χ0n) is 30.3. The number of nitrogens with one attached hydrogen (secondary N) is 2. The molecule has 5 rings (SSSR count). The van der Waals surface area contributed by atoms with Gasteiger partial charge in [0.2, 0.25) is 14.9 Å². The molecule has 253 valence electrons. The quantitative estimate of drug-likeness (QED) is 0.171. The normalized spacial score (nSPS) is 27.9. The summed E-state index contributed by atoms with van der Waals surface area (Å²) in [7, 11) is 1.03. The molecule has 0 saturated heterocycles. The molecule has 46 heavy (non-hydrogen) atoms. The van der Waals surface area contributed by atoms with Crippen LogP contribution < -0.4 is 10.9 Å². The molecular weight excluding hydrogens is 587 g/mol. The van der Waals surface area contributed by atoms with Crippen LogP contribution in [0.5, 0.6) is 0 Å². The number of rotatable bonds is 8. The van der Waals surface area contributed by atoms with E-state index in [4.69, 9.17) is 4.43 Å². The van der Waals surface area contributed by atoms with Gasteiger partial charge in [0.05, 0.1) is 6.10 Å². The van der Waals surface area contributed by atoms with E-state index in [2.05, 4.69) is 73.2 Å². The Hall–Kier alpha value is -2.38. The van der Waals surface area contributed by atoms with Gasteiger partial charge < -0.3 is 8.99 Å². The van der Waals surface area contributed by atoms with Gasteiger partial charge in [-0.2, -0.15) is 0 Å². The molecule has 2 saturated carbocycles. The predicted octanol–water partition coefficient (Wildman–Crippen LogP) is 9.28. The molecule has 0 unspecified atom stereocenters. The third kappa shape index (κ3) is 6.78. The molecule has 0 aliphatic heterocycles. The fraction of sp³-hybridized carbons (Fsp3) is 0.692. The number of fused-ring (bicyclic) bond motifs is 4. The number of aryl methyl sites for hydroxylation is 1. The Bertz CT molecular complexity index is 1470. The molecule has 3 aliphatic rings. The molecule has 0 bridgehead atoms. The van der Waals surface area contributed by atoms with E-state index < -0.39 is 9.04 Å². The second kappa shape index (κ2) is 13.3. The van der Waals surface area contributed by atoms with E-state index in [0.717, 1.165) is 23.7 Å². The van der Waals surface area contributed by atoms with Crippen molar-refractivity contribution >= 4 is 31.8 Å². The average Bonchev–Trinajstić information content (AvgIpc) is 3.35. The van der Waals surface area contributed by atoms with Crippen LogP contribution in [0.4, 0.5) is 0 Å². The van der Waals surface area contributed by atoms with Gasteiger partial charge in [-0.1, -0.05) is 66.5 Å². The summed E-state index contributed by atoms with van der Waals surface area (Å²) in [5.41, 5.74) is 11.2. The van der Waals surface area contributed by atoms with Crippen molar-refractivity contribution in [3.8, 4) is 0 Å². The van der Waals surface area contributed by atoms with Crippen LogP contribution in [0.1, 0.15) is 130 Å². The summed E-state index contributed by atoms with van der Waals surface area (Å²) >= 11 is 0. The summed E-state index contributed by atoms with van der Waals surface area (Å²) in [5.74, 6) is 1.59. The number of allylic oxidation sites excluding steroid dienone is 2. The van der Waals surface area contributed by atoms with Gasteiger partial charge >= 0.3 is 0 Å². The van der Waals surface area contributed by atoms with Gasteiger partial charge in [-0.05, 0) is 122 Å². The minimum Gasteiger partial charge on any atom is -0.412 e. The maximum Gasteiger partial charge on any atom is 0.269 e. The number of amides is 2. The zero-order chi connectivity index (χ0) is 33.6. The van der Waals surface area contributed by atoms with Crippen LogP contribution in [0.3, 0.4) is 0 Å². The first-order valence-corrected chi connectivity index (χ1v) is 19.4. The number of nitrogens with zero attached hydrogens (tertiary/aromatic N) is 1. The van der Waals surface area contributed by atoms with Crippen molar-refractivity contribution in [2.75, 3.05) is 0 Å². The van der Waals surface area contributed by atoms with Gasteiger partial charge in [0.15, 0.2) is 0 Å². The topological polar surface area (TPSA) is 72.4 Å². The first-order valence-electron chi connectivity index (χ1n) is 17.9. The van der Waals surface area contributed by atoms with E-state index in [9.17, 15) is 9.59 Å². The number of aromatic nitrogens is 1. The van der Waals surface area contributed by atoms with Crippen molar-refractivity contribution in [3.05, 3.63) is 47.2 Å². The molecule has 2 aromatic rings. The molecule has 3 aliphatic carbocycles. The zero-order valence-corrected chi connectivity index (χ0v) is 31.3. The summed E-state index contributed by atoms with van der Waals surface area (Å²) in [6.45, 7) is 21.8. The standard InChI is InChI=1S/C39H60N3O3Si/c1-25(2)46(37(4,5)6)45-34-20-22-39(9)31-17-14-26(3)29(30(31)16-19-33(39)38(34,7)8)12-11-13-35(43)40-41-36(44)28-15-18-32-27(24-28)21-23-42(32)10/h15,18,21,23-25,30-31,33-34H,11-14,16-17,19-20,22H2,1-10H3,(H,40,43)(H,41,44)/t30-,31-,33-,34-,39+/m0/s1. The van der Waals surface area contributed by atoms with Gasteiger partial charge in [-0.25, -0.2) is 0 Å². The van der Waals surface area contributed by atoms with E-state index in [1.807, 2.05) is 36.0 Å². The van der Waals surface area contributed by atoms with E-state index in [-0.39, 0.29) is 22.3 Å². The third-order valence-electron chi connectivity index (χ3n) is 12.2. The lowest BCUT2D eigenvalue weighted by Crippen LogP contribution is -2.58. The average molecular weight is 647 g/mol. The van der Waals surface area contributed by atoms with Crippen LogP contribution in [0, 0.1) is 28.6 Å². The number of hydrogen-bond donors (Lipinski definition) is 2. The van der Waals surface area contributed by atoms with Crippen LogP contribution in [0.25, 0.3) is 10.9 Å². The number of carbonyl (C=O) groups is 2. The van der Waals surface area contributed by atoms with E-state index in [1.54, 1.807) is 17.2 Å². The highest BCUT2D eigenvalue weighted by Gasteiger charge is 2.59. The largest absolute Gasteiger partial charge is 0.412 e. The summed E-state index contributed by atoms with van der Waals surface area (Å²) in [6.07, 6.45) is 11.9. The highest BCUT2D eigenvalue weighted by atomic mass is 28.3. The number of benzene rings is 1. The summed E-state index contributed by atoms with van der Waals surface area (Å²) in [6, 6.07) is 7.58. The fourth-order valence-electron chi connectivity index (χ4n) is 10.1. The van der Waals surface area contributed by atoms with Crippen molar-refractivity contribution in [2.24, 2.45) is 35.6 Å². The van der Waals surface area contributed by atoms with Crippen molar-refractivity contribution < 1.29 is 14.0 Å². The smallest absolute Gasteiger partial charge is 0.269 e. The fourth-order valence-corrected chi connectivity index (χ4v) is 13.2. The van der Waals surface area contributed by atoms with E-state index in [1.165, 1.54) is 38.5 Å². The van der Waals surface area contributed by atoms with Crippen molar-refractivity contribution in [1.82, 2.24) is 15.4 Å². The van der Waals surface area contributed by atoms with E-state index in [0.29, 0.717) is 46.8 Å². The molecular formula is C39H60N3O3Si. The number of carbonyl (C=O) groups excluding carboxylic acids is 2. The second-order valence-electron chi connectivity index (χ2n) is 17.0. The van der Waals surface area contributed by atoms with Gasteiger partial charge in [-0.3, -0.25) is 20.4 Å². The maximum atomic E-state index is 12.8. The Balaban J connectivity index is 1.17. The SMILES string of the molecule is CC1=C(CCCC(=O)NNC(=O)c2ccc3c(ccn3C)c2)[C@@H]2CC[C@H]3C(C)(C)[C@@H](O[Si](C(C)C)C(C)(C)C)CC[C@]3(C)[C@H]2CC1. The molecule has 1 aromatic carbocycles. The van der Waals surface area contributed by atoms with Gasteiger partial charge in [0, 0.05) is 36.1 Å². The van der Waals surface area contributed by atoms with Crippen LogP contribution in [-0.4, -0.2) is 31.5 Å². The summed E-state index contributed by atoms with van der Waals surface area (Å²) in [4.78, 5) is 25.5. The van der Waals surface area contributed by atoms with Crippen molar-refractivity contribution in [1.29, 1.82) is 0 Å². The Morgan fingerprint density at radius 1 is 1.07 bits per heavy atom. The van der Waals surface area contributed by atoms with Crippen LogP contribution in [-0.2, 0) is 16.3 Å². The summed E-state index contributed by atoms with van der Waals surface area (Å²) in [5, 5.41) is 1.23. The second-order valence-corrected chi connectivity index (χ2v) is 20.6. The minimum absolute atomic E-state index is 0.131. The van der Waals surface area contributed by atoms with Crippen LogP contribution in [0.2, 0.25) is 10.6 Å². The maximum absolute atomic E-state index is 12.8. The molecule has 2 N–H and O–H groups in total. The molecule has 5 atom stereocenters. The van der Waals surface area contributed by atoms with Gasteiger partial charge in [0.1, 0.15) is 0 Å². The van der Waals surface area contributed by atoms with Crippen molar-refractivity contribution in [2.45, 2.75) is 137 Å². The van der Waals surface area contributed by atoms with Crippen LogP contribution >= 0.6 is 0 Å². The molecule has 2 amide bonds. The molecule has 0 spiro atoms. The van der Waals surface area contributed by atoms with Crippen LogP contribution in [0.15, 0.2) is 41.6 Å². The highest BCUT2D eigenvalue weighted by molar-refractivity contribution is 6.56. The summed E-state index contributed by atoms with van der Waals surface area (Å²) < 4.78 is 9.20. The Morgan fingerprint density at radius 2 is 1.80 bits per heavy atom. The molecule has 1 radical (unpaired) electrons. The number of hydrazine groups is 1. The lowest BCUT2D eigenvalue weighted by atomic mass is 9.43. The molecule has 2 fully saturated rings. The molecule has 1 heterocycles. The minimum atomic E-state index is -0.953. The Morgan fingerprint density at radius 3 is 2.50 bits per heavy atom. The molecule has 7 heteroatoms.